The molecule has 1 aromatic heterocycles. The summed E-state index contributed by atoms with van der Waals surface area (Å²) in [5, 5.41) is 8.32. The van der Waals surface area contributed by atoms with Crippen LogP contribution in [0.2, 0.25) is 0 Å². The molecule has 0 atom stereocenters. The number of aromatic nitrogens is 2. The van der Waals surface area contributed by atoms with Crippen molar-refractivity contribution < 1.29 is 14.2 Å². The highest BCUT2D eigenvalue weighted by Gasteiger charge is 2.39. The maximum Gasteiger partial charge on any atom is 0.118 e. The molecule has 0 aliphatic carbocycles. The van der Waals surface area contributed by atoms with E-state index in [1.165, 1.54) is 28.1 Å². The van der Waals surface area contributed by atoms with Crippen LogP contribution >= 0.6 is 0 Å². The lowest BCUT2D eigenvalue weighted by molar-refractivity contribution is -0.00464. The lowest BCUT2D eigenvalue weighted by Gasteiger charge is -2.39. The summed E-state index contributed by atoms with van der Waals surface area (Å²) in [4.78, 5) is 2.59. The summed E-state index contributed by atoms with van der Waals surface area (Å²) in [6.45, 7) is 14.5. The van der Waals surface area contributed by atoms with E-state index in [1.54, 1.807) is 7.11 Å². The fraction of sp³-hybridized carbons (Fsp3) is 0.545. The Balaban J connectivity index is 0.00000172. The van der Waals surface area contributed by atoms with Crippen molar-refractivity contribution in [3.05, 3.63) is 82.7 Å². The number of hydrogen-bond donors (Lipinski definition) is 1. The normalized spacial score (nSPS) is 17.2. The van der Waals surface area contributed by atoms with Gasteiger partial charge in [0.15, 0.2) is 0 Å². The summed E-state index contributed by atoms with van der Waals surface area (Å²) in [6.07, 6.45) is 4.16. The van der Waals surface area contributed by atoms with Crippen molar-refractivity contribution in [1.29, 1.82) is 0 Å². The minimum atomic E-state index is -0.00430. The molecule has 2 aromatic carbocycles. The van der Waals surface area contributed by atoms with Crippen LogP contribution < -0.4 is 4.74 Å². The van der Waals surface area contributed by atoms with Gasteiger partial charge in [-0.3, -0.25) is 10.00 Å². The van der Waals surface area contributed by atoms with Gasteiger partial charge in [-0.1, -0.05) is 70.2 Å². The molecule has 0 unspecified atom stereocenters. The van der Waals surface area contributed by atoms with Gasteiger partial charge in [-0.05, 0) is 65.3 Å². The Bertz CT molecular complexity index is 1130. The summed E-state index contributed by atoms with van der Waals surface area (Å²) in [7, 11) is 1.72. The number of benzene rings is 2. The molecular formula is C33H47N3O3. The van der Waals surface area contributed by atoms with Crippen LogP contribution in [0.1, 0.15) is 68.6 Å². The number of fused-ring (bicyclic) bond motifs is 1. The third kappa shape index (κ3) is 7.93. The molecular weight excluding hydrogens is 486 g/mol. The minimum absolute atomic E-state index is 0.00430. The average molecular weight is 534 g/mol. The zero-order chi connectivity index (χ0) is 27.7. The summed E-state index contributed by atoms with van der Waals surface area (Å²) < 4.78 is 17.3. The Hall–Kier alpha value is -2.67. The number of ether oxygens (including phenoxy) is 3. The lowest BCUT2D eigenvalue weighted by atomic mass is 9.74. The minimum Gasteiger partial charge on any atom is -0.497 e. The van der Waals surface area contributed by atoms with Crippen LogP contribution in [0.5, 0.6) is 5.75 Å². The van der Waals surface area contributed by atoms with E-state index in [-0.39, 0.29) is 10.8 Å². The molecule has 0 bridgehead atoms. The van der Waals surface area contributed by atoms with E-state index >= 15 is 0 Å². The average Bonchev–Trinajstić information content (AvgIpc) is 3.22. The maximum atomic E-state index is 6.14. The fourth-order valence-corrected chi connectivity index (χ4v) is 5.88. The highest BCUT2D eigenvalue weighted by molar-refractivity contribution is 5.31. The third-order valence-electron chi connectivity index (χ3n) is 7.90. The van der Waals surface area contributed by atoms with Crippen molar-refractivity contribution in [2.45, 2.75) is 73.1 Å². The van der Waals surface area contributed by atoms with E-state index in [0.29, 0.717) is 13.2 Å². The fourth-order valence-electron chi connectivity index (χ4n) is 5.88. The number of H-pyrrole nitrogens is 1. The summed E-state index contributed by atoms with van der Waals surface area (Å²) >= 11 is 0. The number of hydrogen-bond acceptors (Lipinski definition) is 5. The molecule has 1 N–H and O–H groups in total. The van der Waals surface area contributed by atoms with Gasteiger partial charge in [0.05, 0.1) is 31.7 Å². The molecule has 1 spiro atoms. The molecule has 0 saturated carbocycles. The molecule has 6 nitrogen and oxygen atoms in total. The molecule has 6 heteroatoms. The first-order valence-corrected chi connectivity index (χ1v) is 14.5. The molecule has 2 aliphatic rings. The van der Waals surface area contributed by atoms with Crippen LogP contribution in [0.25, 0.3) is 0 Å². The van der Waals surface area contributed by atoms with Crippen LogP contribution in [0, 0.1) is 10.8 Å². The van der Waals surface area contributed by atoms with Gasteiger partial charge < -0.3 is 14.2 Å². The first kappa shape index (κ1) is 29.3. The van der Waals surface area contributed by atoms with E-state index in [9.17, 15) is 0 Å². The van der Waals surface area contributed by atoms with Crippen LogP contribution in [0.3, 0.4) is 0 Å². The molecule has 1 saturated heterocycles. The van der Waals surface area contributed by atoms with Gasteiger partial charge >= 0.3 is 0 Å². The first-order chi connectivity index (χ1) is 18.9. The summed E-state index contributed by atoms with van der Waals surface area (Å²) in [5.74, 6) is 0.899. The summed E-state index contributed by atoms with van der Waals surface area (Å²) in [6, 6.07) is 18.9. The number of nitrogens with one attached hydrogen (secondary N) is 1. The van der Waals surface area contributed by atoms with Gasteiger partial charge in [0.1, 0.15) is 5.75 Å². The predicted octanol–water partition coefficient (Wildman–Crippen LogP) is 6.59. The van der Waals surface area contributed by atoms with E-state index in [0.717, 1.165) is 64.3 Å². The van der Waals surface area contributed by atoms with Crippen molar-refractivity contribution in [2.24, 2.45) is 10.8 Å². The Morgan fingerprint density at radius 3 is 2.41 bits per heavy atom. The Labute approximate surface area is 235 Å². The highest BCUT2D eigenvalue weighted by Crippen LogP contribution is 2.41. The van der Waals surface area contributed by atoms with E-state index in [4.69, 9.17) is 19.3 Å². The highest BCUT2D eigenvalue weighted by atomic mass is 16.5. The third-order valence-corrected chi connectivity index (χ3v) is 7.90. The molecule has 2 aliphatic heterocycles. The van der Waals surface area contributed by atoms with Crippen LogP contribution in [0.4, 0.5) is 0 Å². The molecule has 0 radical (unpaired) electrons. The molecule has 3 aromatic rings. The lowest BCUT2D eigenvalue weighted by Crippen LogP contribution is -2.41. The number of aromatic amines is 1. The van der Waals surface area contributed by atoms with Crippen molar-refractivity contribution in [2.75, 3.05) is 33.5 Å². The molecule has 39 heavy (non-hydrogen) atoms. The van der Waals surface area contributed by atoms with Crippen LogP contribution in [-0.4, -0.2) is 48.6 Å². The predicted molar refractivity (Wildman–Crippen MR) is 157 cm³/mol. The smallest absolute Gasteiger partial charge is 0.118 e. The van der Waals surface area contributed by atoms with Gasteiger partial charge in [-0.25, -0.2) is 0 Å². The van der Waals surface area contributed by atoms with Crippen LogP contribution in [-0.2, 0) is 42.0 Å². The van der Waals surface area contributed by atoms with Crippen molar-refractivity contribution in [3.63, 3.8) is 0 Å². The van der Waals surface area contributed by atoms with Crippen molar-refractivity contribution in [3.8, 4) is 5.75 Å². The molecule has 212 valence electrons. The second kappa shape index (κ2) is 13.6. The van der Waals surface area contributed by atoms with Gasteiger partial charge in [0.2, 0.25) is 0 Å². The molecule has 5 rings (SSSR count). The van der Waals surface area contributed by atoms with Crippen molar-refractivity contribution in [1.82, 2.24) is 15.1 Å². The largest absolute Gasteiger partial charge is 0.497 e. The van der Waals surface area contributed by atoms with Crippen LogP contribution in [0.15, 0.2) is 54.6 Å². The second-order valence-corrected chi connectivity index (χ2v) is 11.7. The quantitative estimate of drug-likeness (QED) is 0.336. The van der Waals surface area contributed by atoms with Gasteiger partial charge in [-0.15, -0.1) is 0 Å². The molecule has 1 fully saturated rings. The number of rotatable bonds is 9. The van der Waals surface area contributed by atoms with Crippen molar-refractivity contribution >= 4 is 0 Å². The molecule has 3 heterocycles. The van der Waals surface area contributed by atoms with Gasteiger partial charge in [0, 0.05) is 32.8 Å². The number of nitrogens with zero attached hydrogens (tertiary/aromatic N) is 2. The molecule has 0 amide bonds. The Morgan fingerprint density at radius 1 is 1.00 bits per heavy atom. The van der Waals surface area contributed by atoms with E-state index in [1.807, 2.05) is 19.9 Å². The Morgan fingerprint density at radius 2 is 1.72 bits per heavy atom. The van der Waals surface area contributed by atoms with Gasteiger partial charge in [-0.2, -0.15) is 5.10 Å². The monoisotopic (exact) mass is 533 g/mol. The van der Waals surface area contributed by atoms with E-state index in [2.05, 4.69) is 72.4 Å². The van der Waals surface area contributed by atoms with E-state index < -0.39 is 0 Å². The zero-order valence-electron chi connectivity index (χ0n) is 24.6. The van der Waals surface area contributed by atoms with Gasteiger partial charge in [0.25, 0.3) is 0 Å². The zero-order valence-corrected chi connectivity index (χ0v) is 24.6. The Kier molecular flexibility index (Phi) is 10.2. The standard InChI is InChI=1S/C31H41N3O3.C2H6/c1-30(2,23-37-21-25-7-5-4-6-8-25)18-28-27-17-31(13-15-36-16-14-31)22-34(20-29(27)33-32-28)19-24-9-11-26(35-3)12-10-24;1-2/h4-12H,13-23H2,1-3H3,(H,32,33);1-2H3. The first-order valence-electron chi connectivity index (χ1n) is 14.5. The maximum absolute atomic E-state index is 6.14. The number of methoxy groups -OCH3 is 1. The SMILES string of the molecule is CC.COc1ccc(CN2Cc3[nH]nc(CC(C)(C)COCc4ccccc4)c3CC3(CCOCC3)C2)cc1. The topological polar surface area (TPSA) is 59.6 Å². The summed E-state index contributed by atoms with van der Waals surface area (Å²) in [5.41, 5.74) is 6.65. The second-order valence-electron chi connectivity index (χ2n) is 11.7.